The number of likely N-dealkylation sites (tertiary alicyclic amines) is 1. The van der Waals surface area contributed by atoms with Gasteiger partial charge in [0.1, 0.15) is 5.75 Å². The highest BCUT2D eigenvalue weighted by atomic mass is 16.5. The lowest BCUT2D eigenvalue weighted by molar-refractivity contribution is 0.345. The molecule has 1 heterocycles. The van der Waals surface area contributed by atoms with Crippen LogP contribution >= 0.6 is 0 Å². The predicted molar refractivity (Wildman–Crippen MR) is 76.1 cm³/mol. The van der Waals surface area contributed by atoms with E-state index in [1.165, 1.54) is 19.5 Å². The number of methoxy groups -OCH3 is 1. The SMILES string of the molecule is CCN1CCC(CNc2cc(N)cc(OC)c2)C1. The summed E-state index contributed by atoms with van der Waals surface area (Å²) in [6.07, 6.45) is 1.28. The van der Waals surface area contributed by atoms with E-state index in [1.54, 1.807) is 7.11 Å². The largest absolute Gasteiger partial charge is 0.497 e. The molecule has 18 heavy (non-hydrogen) atoms. The number of nitrogen functional groups attached to an aromatic ring is 1. The summed E-state index contributed by atoms with van der Waals surface area (Å²) < 4.78 is 5.21. The van der Waals surface area contributed by atoms with Crippen LogP contribution in [0.5, 0.6) is 5.75 Å². The van der Waals surface area contributed by atoms with Gasteiger partial charge in [-0.1, -0.05) is 6.92 Å². The highest BCUT2D eigenvalue weighted by Crippen LogP contribution is 2.23. The molecule has 0 spiro atoms. The molecule has 0 radical (unpaired) electrons. The lowest BCUT2D eigenvalue weighted by Crippen LogP contribution is -2.22. The average molecular weight is 249 g/mol. The van der Waals surface area contributed by atoms with Gasteiger partial charge in [0, 0.05) is 36.6 Å². The van der Waals surface area contributed by atoms with Crippen LogP contribution in [0.15, 0.2) is 18.2 Å². The van der Waals surface area contributed by atoms with Crippen LogP contribution in [0.1, 0.15) is 13.3 Å². The highest BCUT2D eigenvalue weighted by Gasteiger charge is 2.20. The molecule has 2 rings (SSSR count). The van der Waals surface area contributed by atoms with Crippen LogP contribution in [0.4, 0.5) is 11.4 Å². The van der Waals surface area contributed by atoms with Crippen molar-refractivity contribution in [3.63, 3.8) is 0 Å². The molecule has 4 heteroatoms. The molecule has 1 aliphatic rings. The van der Waals surface area contributed by atoms with Gasteiger partial charge >= 0.3 is 0 Å². The molecular weight excluding hydrogens is 226 g/mol. The lowest BCUT2D eigenvalue weighted by Gasteiger charge is -2.15. The first kappa shape index (κ1) is 13.0. The monoisotopic (exact) mass is 249 g/mol. The van der Waals surface area contributed by atoms with Gasteiger partial charge in [0.2, 0.25) is 0 Å². The van der Waals surface area contributed by atoms with Crippen LogP contribution in [-0.2, 0) is 0 Å². The van der Waals surface area contributed by atoms with E-state index in [2.05, 4.69) is 17.1 Å². The minimum atomic E-state index is 0.734. The maximum Gasteiger partial charge on any atom is 0.122 e. The summed E-state index contributed by atoms with van der Waals surface area (Å²) in [4.78, 5) is 2.49. The Hall–Kier alpha value is -1.42. The van der Waals surface area contributed by atoms with E-state index in [0.717, 1.165) is 36.1 Å². The van der Waals surface area contributed by atoms with E-state index >= 15 is 0 Å². The Morgan fingerprint density at radius 2 is 2.28 bits per heavy atom. The Morgan fingerprint density at radius 1 is 1.44 bits per heavy atom. The first-order valence-electron chi connectivity index (χ1n) is 6.62. The number of nitrogens with zero attached hydrogens (tertiary/aromatic N) is 1. The van der Waals surface area contributed by atoms with Crippen LogP contribution in [0.25, 0.3) is 0 Å². The second kappa shape index (κ2) is 5.96. The Balaban J connectivity index is 1.88. The highest BCUT2D eigenvalue weighted by molar-refractivity contribution is 5.59. The van der Waals surface area contributed by atoms with Gasteiger partial charge in [0.15, 0.2) is 0 Å². The number of nitrogens with one attached hydrogen (secondary N) is 1. The fourth-order valence-corrected chi connectivity index (χ4v) is 2.47. The molecule has 0 aromatic heterocycles. The van der Waals surface area contributed by atoms with Gasteiger partial charge in [0.25, 0.3) is 0 Å². The Morgan fingerprint density at radius 3 is 2.94 bits per heavy atom. The molecule has 1 unspecified atom stereocenters. The molecule has 1 aliphatic heterocycles. The fraction of sp³-hybridized carbons (Fsp3) is 0.571. The predicted octanol–water partition coefficient (Wildman–Crippen LogP) is 2.03. The summed E-state index contributed by atoms with van der Waals surface area (Å²) in [5.41, 5.74) is 7.61. The van der Waals surface area contributed by atoms with E-state index in [4.69, 9.17) is 10.5 Å². The zero-order valence-corrected chi connectivity index (χ0v) is 11.3. The van der Waals surface area contributed by atoms with Crippen molar-refractivity contribution in [1.29, 1.82) is 0 Å². The third kappa shape index (κ3) is 3.29. The number of anilines is 2. The summed E-state index contributed by atoms with van der Waals surface area (Å²) in [7, 11) is 1.66. The van der Waals surface area contributed by atoms with Gasteiger partial charge in [-0.2, -0.15) is 0 Å². The summed E-state index contributed by atoms with van der Waals surface area (Å²) in [5.74, 6) is 1.54. The second-order valence-corrected chi connectivity index (χ2v) is 4.92. The van der Waals surface area contributed by atoms with Crippen molar-refractivity contribution in [3.8, 4) is 5.75 Å². The van der Waals surface area contributed by atoms with E-state index in [9.17, 15) is 0 Å². The fourth-order valence-electron chi connectivity index (χ4n) is 2.47. The second-order valence-electron chi connectivity index (χ2n) is 4.92. The number of rotatable bonds is 5. The average Bonchev–Trinajstić information content (AvgIpc) is 2.83. The van der Waals surface area contributed by atoms with Gasteiger partial charge in [-0.05, 0) is 31.5 Å². The molecule has 3 N–H and O–H groups in total. The number of benzene rings is 1. The summed E-state index contributed by atoms with van der Waals surface area (Å²) in [6.45, 7) is 6.80. The number of nitrogens with two attached hydrogens (primary N) is 1. The maximum absolute atomic E-state index is 5.83. The lowest BCUT2D eigenvalue weighted by atomic mass is 10.1. The molecule has 0 bridgehead atoms. The molecule has 1 saturated heterocycles. The number of hydrogen-bond donors (Lipinski definition) is 2. The first-order valence-corrected chi connectivity index (χ1v) is 6.62. The molecule has 1 atom stereocenters. The van der Waals surface area contributed by atoms with Crippen molar-refractivity contribution in [1.82, 2.24) is 4.90 Å². The first-order chi connectivity index (χ1) is 8.71. The van der Waals surface area contributed by atoms with E-state index in [1.807, 2.05) is 18.2 Å². The van der Waals surface area contributed by atoms with Crippen LogP contribution in [-0.4, -0.2) is 38.2 Å². The van der Waals surface area contributed by atoms with Crippen molar-refractivity contribution in [2.45, 2.75) is 13.3 Å². The van der Waals surface area contributed by atoms with Crippen LogP contribution in [0, 0.1) is 5.92 Å². The van der Waals surface area contributed by atoms with Crippen molar-refractivity contribution < 1.29 is 4.74 Å². The van der Waals surface area contributed by atoms with Gasteiger partial charge < -0.3 is 20.7 Å². The third-order valence-electron chi connectivity index (χ3n) is 3.58. The molecule has 0 saturated carbocycles. The topological polar surface area (TPSA) is 50.5 Å². The maximum atomic E-state index is 5.83. The van der Waals surface area contributed by atoms with Crippen LogP contribution < -0.4 is 15.8 Å². The zero-order valence-electron chi connectivity index (χ0n) is 11.3. The summed E-state index contributed by atoms with van der Waals surface area (Å²) in [6, 6.07) is 5.78. The molecule has 4 nitrogen and oxygen atoms in total. The van der Waals surface area contributed by atoms with Gasteiger partial charge in [0.05, 0.1) is 7.11 Å². The number of ether oxygens (including phenoxy) is 1. The van der Waals surface area contributed by atoms with Gasteiger partial charge in [-0.25, -0.2) is 0 Å². The zero-order chi connectivity index (χ0) is 13.0. The standard InChI is InChI=1S/C14H23N3O/c1-3-17-5-4-11(10-17)9-16-13-6-12(15)7-14(8-13)18-2/h6-8,11,16H,3-5,9-10,15H2,1-2H3. The Bertz CT molecular complexity index is 395. The van der Waals surface area contributed by atoms with E-state index < -0.39 is 0 Å². The normalized spacial score (nSPS) is 20.0. The summed E-state index contributed by atoms with van der Waals surface area (Å²) >= 11 is 0. The van der Waals surface area contributed by atoms with Crippen molar-refractivity contribution in [2.75, 3.05) is 44.3 Å². The smallest absolute Gasteiger partial charge is 0.122 e. The van der Waals surface area contributed by atoms with Crippen LogP contribution in [0.2, 0.25) is 0 Å². The van der Waals surface area contributed by atoms with Crippen molar-refractivity contribution >= 4 is 11.4 Å². The van der Waals surface area contributed by atoms with Crippen LogP contribution in [0.3, 0.4) is 0 Å². The van der Waals surface area contributed by atoms with Crippen molar-refractivity contribution in [3.05, 3.63) is 18.2 Å². The molecule has 1 fully saturated rings. The molecule has 1 aromatic rings. The van der Waals surface area contributed by atoms with Crippen molar-refractivity contribution in [2.24, 2.45) is 5.92 Å². The molecule has 0 amide bonds. The van der Waals surface area contributed by atoms with E-state index in [-0.39, 0.29) is 0 Å². The molecule has 100 valence electrons. The Labute approximate surface area is 109 Å². The molecular formula is C14H23N3O. The quantitative estimate of drug-likeness (QED) is 0.784. The van der Waals surface area contributed by atoms with Gasteiger partial charge in [-0.15, -0.1) is 0 Å². The molecule has 1 aromatic carbocycles. The Kier molecular flexibility index (Phi) is 4.31. The number of hydrogen-bond acceptors (Lipinski definition) is 4. The van der Waals surface area contributed by atoms with E-state index in [0.29, 0.717) is 0 Å². The minimum absolute atomic E-state index is 0.734. The molecule has 0 aliphatic carbocycles. The minimum Gasteiger partial charge on any atom is -0.497 e. The van der Waals surface area contributed by atoms with Gasteiger partial charge in [-0.3, -0.25) is 0 Å². The third-order valence-corrected chi connectivity index (χ3v) is 3.58. The summed E-state index contributed by atoms with van der Waals surface area (Å²) in [5, 5.41) is 3.46.